The standard InChI is InChI=1S/C19H29BrClN3O/c1-15-6-7-16(21)18(24-12-8-22-14-17(24)20)19(15)25-13-5-11-23-9-3-2-4-10-23/h6-7,17,22H,2-5,8-14H2,1H3. The van der Waals surface area contributed by atoms with Gasteiger partial charge in [0.15, 0.2) is 0 Å². The van der Waals surface area contributed by atoms with Crippen molar-refractivity contribution in [3.05, 3.63) is 22.7 Å². The fourth-order valence-corrected chi connectivity index (χ4v) is 4.56. The number of rotatable bonds is 6. The third kappa shape index (κ3) is 5.03. The largest absolute Gasteiger partial charge is 0.491 e. The minimum atomic E-state index is 0.233. The normalized spacial score (nSPS) is 22.2. The quantitative estimate of drug-likeness (QED) is 0.419. The second kappa shape index (κ2) is 9.45. The minimum Gasteiger partial charge on any atom is -0.491 e. The number of piperazine rings is 1. The molecule has 25 heavy (non-hydrogen) atoms. The summed E-state index contributed by atoms with van der Waals surface area (Å²) in [4.78, 5) is 5.10. The van der Waals surface area contributed by atoms with Gasteiger partial charge in [-0.05, 0) is 50.9 Å². The Hall–Kier alpha value is -0.490. The maximum atomic E-state index is 6.56. The third-order valence-electron chi connectivity index (χ3n) is 5.06. The molecule has 4 nitrogen and oxygen atoms in total. The molecule has 6 heteroatoms. The van der Waals surface area contributed by atoms with Gasteiger partial charge in [-0.15, -0.1) is 0 Å². The Bertz CT molecular complexity index is 566. The molecule has 2 aliphatic heterocycles. The number of anilines is 1. The molecule has 0 amide bonds. The number of nitrogens with zero attached hydrogens (tertiary/aromatic N) is 2. The number of piperidine rings is 1. The van der Waals surface area contributed by atoms with Crippen LogP contribution in [0.25, 0.3) is 0 Å². The molecular weight excluding hydrogens is 402 g/mol. The Balaban J connectivity index is 1.64. The van der Waals surface area contributed by atoms with Gasteiger partial charge in [-0.25, -0.2) is 0 Å². The predicted octanol–water partition coefficient (Wildman–Crippen LogP) is 4.03. The van der Waals surface area contributed by atoms with Gasteiger partial charge in [-0.3, -0.25) is 0 Å². The number of alkyl halides is 1. The van der Waals surface area contributed by atoms with Crippen LogP contribution in [0.1, 0.15) is 31.2 Å². The van der Waals surface area contributed by atoms with Crippen molar-refractivity contribution in [1.29, 1.82) is 0 Å². The minimum absolute atomic E-state index is 0.233. The molecule has 1 aromatic rings. The van der Waals surface area contributed by atoms with Crippen molar-refractivity contribution in [1.82, 2.24) is 10.2 Å². The lowest BCUT2D eigenvalue weighted by Gasteiger charge is -2.36. The van der Waals surface area contributed by atoms with Gasteiger partial charge in [0.25, 0.3) is 0 Å². The lowest BCUT2D eigenvalue weighted by Crippen LogP contribution is -2.48. The van der Waals surface area contributed by atoms with Crippen molar-refractivity contribution in [2.45, 2.75) is 37.6 Å². The number of hydrogen-bond acceptors (Lipinski definition) is 4. The number of likely N-dealkylation sites (tertiary alicyclic amines) is 1. The van der Waals surface area contributed by atoms with Crippen molar-refractivity contribution in [2.24, 2.45) is 0 Å². The van der Waals surface area contributed by atoms with Crippen LogP contribution in [0.3, 0.4) is 0 Å². The van der Waals surface area contributed by atoms with E-state index in [1.807, 2.05) is 6.07 Å². The first-order valence-electron chi connectivity index (χ1n) is 9.42. The monoisotopic (exact) mass is 429 g/mol. The van der Waals surface area contributed by atoms with Crippen molar-refractivity contribution in [3.8, 4) is 5.75 Å². The lowest BCUT2D eigenvalue weighted by atomic mass is 10.1. The van der Waals surface area contributed by atoms with Crippen molar-refractivity contribution in [2.75, 3.05) is 50.8 Å². The van der Waals surface area contributed by atoms with Gasteiger partial charge in [0.1, 0.15) is 5.75 Å². The summed E-state index contributed by atoms with van der Waals surface area (Å²) >= 11 is 10.3. The molecule has 140 valence electrons. The Labute approximate surface area is 165 Å². The molecule has 0 radical (unpaired) electrons. The lowest BCUT2D eigenvalue weighted by molar-refractivity contribution is 0.204. The Kier molecular flexibility index (Phi) is 7.28. The second-order valence-corrected chi connectivity index (χ2v) is 8.44. The summed E-state index contributed by atoms with van der Waals surface area (Å²) in [5.41, 5.74) is 2.18. The second-order valence-electron chi connectivity index (χ2n) is 6.98. The molecule has 1 atom stereocenters. The molecule has 2 saturated heterocycles. The summed E-state index contributed by atoms with van der Waals surface area (Å²) in [5, 5.41) is 4.17. The fourth-order valence-electron chi connectivity index (χ4n) is 3.67. The third-order valence-corrected chi connectivity index (χ3v) is 6.18. The summed E-state index contributed by atoms with van der Waals surface area (Å²) in [6.07, 6.45) is 5.13. The van der Waals surface area contributed by atoms with Crippen LogP contribution in [0.4, 0.5) is 5.69 Å². The summed E-state index contributed by atoms with van der Waals surface area (Å²) < 4.78 is 6.25. The Morgan fingerprint density at radius 3 is 2.80 bits per heavy atom. The molecule has 0 aliphatic carbocycles. The van der Waals surface area contributed by atoms with Crippen LogP contribution in [0, 0.1) is 6.92 Å². The first kappa shape index (κ1) is 19.3. The number of halogens is 2. The number of benzene rings is 1. The van der Waals surface area contributed by atoms with E-state index in [-0.39, 0.29) is 4.95 Å². The van der Waals surface area contributed by atoms with Gasteiger partial charge >= 0.3 is 0 Å². The van der Waals surface area contributed by atoms with E-state index in [0.29, 0.717) is 0 Å². The topological polar surface area (TPSA) is 27.7 Å². The molecule has 1 aromatic carbocycles. The van der Waals surface area contributed by atoms with Gasteiger partial charge in [0.05, 0.1) is 22.3 Å². The Morgan fingerprint density at radius 2 is 2.04 bits per heavy atom. The molecule has 0 bridgehead atoms. The highest BCUT2D eigenvalue weighted by atomic mass is 79.9. The average Bonchev–Trinajstić information content (AvgIpc) is 2.63. The van der Waals surface area contributed by atoms with E-state index in [1.54, 1.807) is 0 Å². The first-order chi connectivity index (χ1) is 12.2. The zero-order valence-electron chi connectivity index (χ0n) is 15.1. The van der Waals surface area contributed by atoms with Crippen LogP contribution in [0.2, 0.25) is 5.02 Å². The summed E-state index contributed by atoms with van der Waals surface area (Å²) in [6.45, 7) is 9.24. The average molecular weight is 431 g/mol. The van der Waals surface area contributed by atoms with E-state index in [2.05, 4.69) is 44.0 Å². The number of aryl methyl sites for hydroxylation is 1. The zero-order chi connectivity index (χ0) is 17.6. The summed E-state index contributed by atoms with van der Waals surface area (Å²) in [6, 6.07) is 4.03. The molecule has 0 saturated carbocycles. The molecule has 1 N–H and O–H groups in total. The van der Waals surface area contributed by atoms with Gasteiger partial charge in [0.2, 0.25) is 0 Å². The van der Waals surface area contributed by atoms with Crippen molar-refractivity contribution >= 4 is 33.2 Å². The van der Waals surface area contributed by atoms with Crippen molar-refractivity contribution < 1.29 is 4.74 Å². The van der Waals surface area contributed by atoms with Crippen LogP contribution in [0.15, 0.2) is 12.1 Å². The van der Waals surface area contributed by atoms with Crippen LogP contribution in [-0.2, 0) is 0 Å². The van der Waals surface area contributed by atoms with Gasteiger partial charge < -0.3 is 19.9 Å². The van der Waals surface area contributed by atoms with E-state index < -0.39 is 0 Å². The first-order valence-corrected chi connectivity index (χ1v) is 10.7. The van der Waals surface area contributed by atoms with E-state index in [0.717, 1.165) is 61.2 Å². The van der Waals surface area contributed by atoms with Crippen LogP contribution in [-0.4, -0.2) is 55.7 Å². The van der Waals surface area contributed by atoms with Crippen LogP contribution >= 0.6 is 27.5 Å². The molecule has 3 rings (SSSR count). The zero-order valence-corrected chi connectivity index (χ0v) is 17.4. The van der Waals surface area contributed by atoms with E-state index in [9.17, 15) is 0 Å². The van der Waals surface area contributed by atoms with Gasteiger partial charge in [0, 0.05) is 26.2 Å². The van der Waals surface area contributed by atoms with E-state index in [1.165, 1.54) is 32.4 Å². The highest BCUT2D eigenvalue weighted by Gasteiger charge is 2.26. The van der Waals surface area contributed by atoms with E-state index >= 15 is 0 Å². The number of nitrogens with one attached hydrogen (secondary N) is 1. The number of ether oxygens (including phenoxy) is 1. The molecule has 2 fully saturated rings. The highest BCUT2D eigenvalue weighted by Crippen LogP contribution is 2.40. The predicted molar refractivity (Wildman–Crippen MR) is 110 cm³/mol. The maximum Gasteiger partial charge on any atom is 0.147 e. The molecule has 0 spiro atoms. The Morgan fingerprint density at radius 1 is 1.24 bits per heavy atom. The summed E-state index contributed by atoms with van der Waals surface area (Å²) in [5.74, 6) is 0.942. The number of hydrogen-bond donors (Lipinski definition) is 1. The smallest absolute Gasteiger partial charge is 0.147 e. The van der Waals surface area contributed by atoms with Crippen LogP contribution in [0.5, 0.6) is 5.75 Å². The van der Waals surface area contributed by atoms with Crippen LogP contribution < -0.4 is 15.0 Å². The van der Waals surface area contributed by atoms with E-state index in [4.69, 9.17) is 16.3 Å². The van der Waals surface area contributed by atoms with Crippen molar-refractivity contribution in [3.63, 3.8) is 0 Å². The molecule has 2 aliphatic rings. The molecule has 0 aromatic heterocycles. The highest BCUT2D eigenvalue weighted by molar-refractivity contribution is 9.09. The molecule has 1 unspecified atom stereocenters. The SMILES string of the molecule is Cc1ccc(Cl)c(N2CCNCC2Br)c1OCCCN1CCCCC1. The molecular formula is C19H29BrClN3O. The molecule has 2 heterocycles. The van der Waals surface area contributed by atoms with Gasteiger partial charge in [-0.2, -0.15) is 0 Å². The fraction of sp³-hybridized carbons (Fsp3) is 0.684. The van der Waals surface area contributed by atoms with Gasteiger partial charge in [-0.1, -0.05) is 40.0 Å². The summed E-state index contributed by atoms with van der Waals surface area (Å²) in [7, 11) is 0. The maximum absolute atomic E-state index is 6.56.